The first kappa shape index (κ1) is 13.3. The van der Waals surface area contributed by atoms with Crippen LogP contribution in [0.1, 0.15) is 19.3 Å². The molecular formula is C12H20N2O4. The zero-order valence-electron chi connectivity index (χ0n) is 10.4. The van der Waals surface area contributed by atoms with E-state index in [0.717, 1.165) is 25.9 Å². The molecule has 2 atom stereocenters. The highest BCUT2D eigenvalue weighted by Gasteiger charge is 2.30. The largest absolute Gasteiger partial charge is 0.481 e. The Hall–Kier alpha value is -1.14. The summed E-state index contributed by atoms with van der Waals surface area (Å²) in [6.07, 6.45) is 1.55. The third-order valence-electron chi connectivity index (χ3n) is 3.50. The molecule has 0 aliphatic carbocycles. The third kappa shape index (κ3) is 3.43. The Balaban J connectivity index is 1.87. The minimum atomic E-state index is -0.881. The van der Waals surface area contributed by atoms with Crippen molar-refractivity contribution in [2.75, 3.05) is 32.8 Å². The molecule has 2 rings (SSSR count). The second-order valence-corrected chi connectivity index (χ2v) is 4.92. The lowest BCUT2D eigenvalue weighted by atomic mass is 9.97. The van der Waals surface area contributed by atoms with Crippen molar-refractivity contribution in [1.82, 2.24) is 10.2 Å². The van der Waals surface area contributed by atoms with Crippen LogP contribution in [0, 0.1) is 5.92 Å². The zero-order chi connectivity index (χ0) is 13.0. The number of nitrogens with one attached hydrogen (secondary N) is 1. The van der Waals surface area contributed by atoms with Crippen LogP contribution < -0.4 is 5.32 Å². The van der Waals surface area contributed by atoms with Gasteiger partial charge in [-0.05, 0) is 19.4 Å². The Kier molecular flexibility index (Phi) is 4.54. The van der Waals surface area contributed by atoms with Crippen molar-refractivity contribution in [3.63, 3.8) is 0 Å². The lowest BCUT2D eigenvalue weighted by Crippen LogP contribution is -2.50. The molecule has 0 aromatic heterocycles. The molecule has 0 radical (unpaired) electrons. The van der Waals surface area contributed by atoms with E-state index in [1.54, 1.807) is 4.90 Å². The van der Waals surface area contributed by atoms with E-state index in [-0.39, 0.29) is 24.3 Å². The number of morpholine rings is 1. The number of carbonyl (C=O) groups is 2. The van der Waals surface area contributed by atoms with Gasteiger partial charge in [-0.1, -0.05) is 0 Å². The first-order chi connectivity index (χ1) is 8.66. The van der Waals surface area contributed by atoms with Gasteiger partial charge in [0.15, 0.2) is 0 Å². The Morgan fingerprint density at radius 1 is 1.44 bits per heavy atom. The van der Waals surface area contributed by atoms with Gasteiger partial charge < -0.3 is 20.1 Å². The maximum absolute atomic E-state index is 12.3. The Morgan fingerprint density at radius 2 is 2.28 bits per heavy atom. The summed E-state index contributed by atoms with van der Waals surface area (Å²) in [4.78, 5) is 24.7. The zero-order valence-corrected chi connectivity index (χ0v) is 10.4. The predicted molar refractivity (Wildman–Crippen MR) is 64.2 cm³/mol. The van der Waals surface area contributed by atoms with E-state index in [4.69, 9.17) is 9.84 Å². The van der Waals surface area contributed by atoms with Crippen LogP contribution in [0.3, 0.4) is 0 Å². The standard InChI is InChI=1S/C12H20N2O4/c15-11(16)6-10-8-14(4-5-18-10)12(17)9-2-1-3-13-7-9/h9-10,13H,1-8H2,(H,15,16)/t9-,10?/m1/s1. The van der Waals surface area contributed by atoms with Gasteiger partial charge in [0.1, 0.15) is 0 Å². The summed E-state index contributed by atoms with van der Waals surface area (Å²) < 4.78 is 5.37. The Bertz CT molecular complexity index is 315. The van der Waals surface area contributed by atoms with Crippen molar-refractivity contribution in [3.8, 4) is 0 Å². The summed E-state index contributed by atoms with van der Waals surface area (Å²) in [5.74, 6) is -0.697. The van der Waals surface area contributed by atoms with E-state index in [9.17, 15) is 9.59 Å². The molecule has 6 heteroatoms. The molecule has 0 bridgehead atoms. The van der Waals surface area contributed by atoms with Crippen molar-refractivity contribution in [2.45, 2.75) is 25.4 Å². The number of aliphatic carboxylic acids is 1. The maximum Gasteiger partial charge on any atom is 0.306 e. The number of carbonyl (C=O) groups excluding carboxylic acids is 1. The van der Waals surface area contributed by atoms with Gasteiger partial charge >= 0.3 is 5.97 Å². The predicted octanol–water partition coefficient (Wildman–Crippen LogP) is -0.312. The fraction of sp³-hybridized carbons (Fsp3) is 0.833. The first-order valence-corrected chi connectivity index (χ1v) is 6.49. The van der Waals surface area contributed by atoms with E-state index in [1.165, 1.54) is 0 Å². The molecule has 1 amide bonds. The highest BCUT2D eigenvalue weighted by molar-refractivity contribution is 5.79. The van der Waals surface area contributed by atoms with Gasteiger partial charge in [0.05, 0.1) is 25.0 Å². The van der Waals surface area contributed by atoms with E-state index in [1.807, 2.05) is 0 Å². The summed E-state index contributed by atoms with van der Waals surface area (Å²) in [6, 6.07) is 0. The summed E-state index contributed by atoms with van der Waals surface area (Å²) in [5.41, 5.74) is 0. The third-order valence-corrected chi connectivity index (χ3v) is 3.50. The molecule has 2 heterocycles. The highest BCUT2D eigenvalue weighted by Crippen LogP contribution is 2.17. The van der Waals surface area contributed by atoms with Crippen LogP contribution in [0.2, 0.25) is 0 Å². The summed E-state index contributed by atoms with van der Waals surface area (Å²) in [6.45, 7) is 3.13. The number of piperidine rings is 1. The van der Waals surface area contributed by atoms with Crippen LogP contribution in [0.5, 0.6) is 0 Å². The van der Waals surface area contributed by atoms with Gasteiger partial charge in [-0.15, -0.1) is 0 Å². The molecule has 0 saturated carbocycles. The van der Waals surface area contributed by atoms with Crippen LogP contribution in [-0.4, -0.2) is 60.8 Å². The number of ether oxygens (including phenoxy) is 1. The number of carboxylic acids is 1. The molecule has 2 N–H and O–H groups in total. The molecule has 0 spiro atoms. The number of amides is 1. The Labute approximate surface area is 106 Å². The van der Waals surface area contributed by atoms with Gasteiger partial charge in [-0.25, -0.2) is 0 Å². The summed E-state index contributed by atoms with van der Waals surface area (Å²) >= 11 is 0. The molecule has 2 fully saturated rings. The molecule has 0 aromatic rings. The molecule has 6 nitrogen and oxygen atoms in total. The summed E-state index contributed by atoms with van der Waals surface area (Å²) in [7, 11) is 0. The van der Waals surface area contributed by atoms with Crippen molar-refractivity contribution < 1.29 is 19.4 Å². The molecule has 2 aliphatic rings. The van der Waals surface area contributed by atoms with Crippen LogP contribution >= 0.6 is 0 Å². The molecule has 102 valence electrons. The van der Waals surface area contributed by atoms with Gasteiger partial charge in [0.25, 0.3) is 0 Å². The average Bonchev–Trinajstić information content (AvgIpc) is 2.38. The van der Waals surface area contributed by atoms with Gasteiger partial charge in [-0.3, -0.25) is 9.59 Å². The lowest BCUT2D eigenvalue weighted by molar-refractivity contribution is -0.150. The normalized spacial score (nSPS) is 29.0. The van der Waals surface area contributed by atoms with Crippen LogP contribution in [0.15, 0.2) is 0 Å². The van der Waals surface area contributed by atoms with E-state index in [0.29, 0.717) is 19.7 Å². The van der Waals surface area contributed by atoms with Gasteiger partial charge in [0, 0.05) is 19.6 Å². The van der Waals surface area contributed by atoms with Crippen molar-refractivity contribution >= 4 is 11.9 Å². The van der Waals surface area contributed by atoms with Crippen molar-refractivity contribution in [3.05, 3.63) is 0 Å². The molecule has 18 heavy (non-hydrogen) atoms. The number of hydrogen-bond acceptors (Lipinski definition) is 4. The van der Waals surface area contributed by atoms with E-state index >= 15 is 0 Å². The number of carboxylic acid groups (broad SMARTS) is 1. The van der Waals surface area contributed by atoms with E-state index < -0.39 is 5.97 Å². The number of nitrogens with zero attached hydrogens (tertiary/aromatic N) is 1. The smallest absolute Gasteiger partial charge is 0.306 e. The maximum atomic E-state index is 12.3. The van der Waals surface area contributed by atoms with Gasteiger partial charge in [0.2, 0.25) is 5.91 Å². The fourth-order valence-electron chi connectivity index (χ4n) is 2.56. The highest BCUT2D eigenvalue weighted by atomic mass is 16.5. The second kappa shape index (κ2) is 6.15. The van der Waals surface area contributed by atoms with E-state index in [2.05, 4.69) is 5.32 Å². The molecule has 2 aliphatic heterocycles. The van der Waals surface area contributed by atoms with Crippen LogP contribution in [-0.2, 0) is 14.3 Å². The first-order valence-electron chi connectivity index (χ1n) is 6.49. The number of hydrogen-bond donors (Lipinski definition) is 2. The average molecular weight is 256 g/mol. The fourth-order valence-corrected chi connectivity index (χ4v) is 2.56. The number of rotatable bonds is 3. The molecule has 2 saturated heterocycles. The van der Waals surface area contributed by atoms with Crippen LogP contribution in [0.4, 0.5) is 0 Å². The quantitative estimate of drug-likeness (QED) is 0.724. The molecule has 1 unspecified atom stereocenters. The van der Waals surface area contributed by atoms with Crippen molar-refractivity contribution in [1.29, 1.82) is 0 Å². The monoisotopic (exact) mass is 256 g/mol. The SMILES string of the molecule is O=C(O)CC1CN(C(=O)[C@@H]2CCCNC2)CCO1. The Morgan fingerprint density at radius 3 is 2.94 bits per heavy atom. The molecule has 0 aromatic carbocycles. The lowest BCUT2D eigenvalue weighted by Gasteiger charge is -2.35. The minimum absolute atomic E-state index is 0.0350. The minimum Gasteiger partial charge on any atom is -0.481 e. The van der Waals surface area contributed by atoms with Gasteiger partial charge in [-0.2, -0.15) is 0 Å². The second-order valence-electron chi connectivity index (χ2n) is 4.92. The topological polar surface area (TPSA) is 78.9 Å². The van der Waals surface area contributed by atoms with Crippen LogP contribution in [0.25, 0.3) is 0 Å². The van der Waals surface area contributed by atoms with Crippen molar-refractivity contribution in [2.24, 2.45) is 5.92 Å². The molecular weight excluding hydrogens is 236 g/mol. The summed E-state index contributed by atoms with van der Waals surface area (Å²) in [5, 5.41) is 12.0.